The maximum atomic E-state index is 13.1. The minimum Gasteiger partial charge on any atom is -0.378 e. The second-order valence-corrected chi connectivity index (χ2v) is 2.89. The van der Waals surface area contributed by atoms with E-state index < -0.39 is 0 Å². The summed E-state index contributed by atoms with van der Waals surface area (Å²) in [6, 6.07) is 6.23. The Morgan fingerprint density at radius 1 is 1.38 bits per heavy atom. The molecule has 2 rings (SSSR count). The Balaban J connectivity index is 2.06. The van der Waals surface area contributed by atoms with Crippen LogP contribution in [0.1, 0.15) is 5.56 Å². The van der Waals surface area contributed by atoms with Gasteiger partial charge >= 0.3 is 0 Å². The number of hydrazone groups is 1. The maximum Gasteiger partial charge on any atom is 0.235 e. The van der Waals surface area contributed by atoms with Crippen LogP contribution in [-0.2, 0) is 0 Å². The number of halogens is 1. The molecule has 3 N–H and O–H groups in total. The van der Waals surface area contributed by atoms with Gasteiger partial charge in [-0.2, -0.15) is 5.10 Å². The average Bonchev–Trinajstić information content (AvgIpc) is 2.67. The number of nitrogens with zero attached hydrogens (tertiary/aromatic N) is 3. The predicted molar refractivity (Wildman–Crippen MR) is 56.3 cm³/mol. The van der Waals surface area contributed by atoms with Gasteiger partial charge in [0.1, 0.15) is 5.82 Å². The lowest BCUT2D eigenvalue weighted by atomic mass is 10.2. The first-order valence-electron chi connectivity index (χ1n) is 4.39. The quantitative estimate of drug-likeness (QED) is 0.601. The molecule has 0 aliphatic carbocycles. The third-order valence-corrected chi connectivity index (χ3v) is 1.79. The van der Waals surface area contributed by atoms with Gasteiger partial charge in [-0.25, -0.2) is 9.02 Å². The number of anilines is 2. The highest BCUT2D eigenvalue weighted by Crippen LogP contribution is 2.10. The average molecular weight is 221 g/mol. The number of hydrogen-bond acceptors (Lipinski definition) is 6. The van der Waals surface area contributed by atoms with Gasteiger partial charge in [0.2, 0.25) is 11.6 Å². The second-order valence-electron chi connectivity index (χ2n) is 2.89. The van der Waals surface area contributed by atoms with E-state index in [0.29, 0.717) is 5.56 Å². The highest BCUT2D eigenvalue weighted by molar-refractivity contribution is 5.80. The van der Waals surface area contributed by atoms with Crippen molar-refractivity contribution in [2.45, 2.75) is 0 Å². The van der Waals surface area contributed by atoms with Crippen LogP contribution >= 0.6 is 0 Å². The molecule has 0 aliphatic rings. The van der Waals surface area contributed by atoms with Gasteiger partial charge in [-0.1, -0.05) is 18.2 Å². The molecule has 6 nitrogen and oxygen atoms in total. The summed E-state index contributed by atoms with van der Waals surface area (Å²) in [6.07, 6.45) is 1.31. The molecule has 0 amide bonds. The number of aromatic nitrogens is 2. The molecule has 7 heteroatoms. The van der Waals surface area contributed by atoms with E-state index in [-0.39, 0.29) is 17.5 Å². The second kappa shape index (κ2) is 4.39. The zero-order valence-corrected chi connectivity index (χ0v) is 8.09. The summed E-state index contributed by atoms with van der Waals surface area (Å²) in [4.78, 5) is 0. The smallest absolute Gasteiger partial charge is 0.235 e. The monoisotopic (exact) mass is 221 g/mol. The fourth-order valence-electron chi connectivity index (χ4n) is 1.02. The Kier molecular flexibility index (Phi) is 2.77. The largest absolute Gasteiger partial charge is 0.378 e. The minimum atomic E-state index is -0.362. The SMILES string of the molecule is Nc1nonc1N/N=C\c1ccccc1F. The summed E-state index contributed by atoms with van der Waals surface area (Å²) in [5, 5.41) is 10.5. The summed E-state index contributed by atoms with van der Waals surface area (Å²) >= 11 is 0. The standard InChI is InChI=1S/C9H8FN5O/c10-7-4-2-1-3-6(7)5-12-13-9-8(11)14-16-15-9/h1-5H,(H2,11,14)(H,13,15)/b12-5-. The Labute approximate surface area is 89.9 Å². The van der Waals surface area contributed by atoms with E-state index >= 15 is 0 Å². The van der Waals surface area contributed by atoms with Crippen LogP contribution in [0, 0.1) is 5.82 Å². The highest BCUT2D eigenvalue weighted by Gasteiger charge is 2.03. The lowest BCUT2D eigenvalue weighted by Crippen LogP contribution is -1.96. The van der Waals surface area contributed by atoms with E-state index in [9.17, 15) is 4.39 Å². The fraction of sp³-hybridized carbons (Fsp3) is 0. The van der Waals surface area contributed by atoms with Crippen LogP contribution in [-0.4, -0.2) is 16.5 Å². The van der Waals surface area contributed by atoms with Crippen LogP contribution < -0.4 is 11.2 Å². The van der Waals surface area contributed by atoms with Crippen molar-refractivity contribution in [2.24, 2.45) is 5.10 Å². The number of hydrogen-bond donors (Lipinski definition) is 2. The molecule has 0 saturated carbocycles. The Morgan fingerprint density at radius 2 is 2.19 bits per heavy atom. The van der Waals surface area contributed by atoms with Crippen molar-refractivity contribution in [2.75, 3.05) is 11.2 Å². The number of nitrogen functional groups attached to an aromatic ring is 1. The van der Waals surface area contributed by atoms with Gasteiger partial charge in [0, 0.05) is 5.56 Å². The van der Waals surface area contributed by atoms with E-state index in [0.717, 1.165) is 0 Å². The van der Waals surface area contributed by atoms with Crippen LogP contribution in [0.5, 0.6) is 0 Å². The summed E-state index contributed by atoms with van der Waals surface area (Å²) in [5.41, 5.74) is 8.20. The van der Waals surface area contributed by atoms with Gasteiger partial charge in [-0.15, -0.1) is 0 Å². The Bertz CT molecular complexity index is 510. The molecular weight excluding hydrogens is 213 g/mol. The van der Waals surface area contributed by atoms with E-state index in [2.05, 4.69) is 25.5 Å². The molecule has 2 aromatic rings. The zero-order chi connectivity index (χ0) is 11.4. The van der Waals surface area contributed by atoms with Crippen LogP contribution in [0.25, 0.3) is 0 Å². The molecule has 16 heavy (non-hydrogen) atoms. The van der Waals surface area contributed by atoms with Crippen molar-refractivity contribution in [3.63, 3.8) is 0 Å². The molecule has 0 aliphatic heterocycles. The van der Waals surface area contributed by atoms with Crippen molar-refractivity contribution in [3.8, 4) is 0 Å². The topological polar surface area (TPSA) is 89.3 Å². The van der Waals surface area contributed by atoms with Crippen LogP contribution in [0.2, 0.25) is 0 Å². The maximum absolute atomic E-state index is 13.1. The first-order chi connectivity index (χ1) is 7.77. The predicted octanol–water partition coefficient (Wildman–Crippen LogP) is 1.24. The Morgan fingerprint density at radius 3 is 2.88 bits per heavy atom. The van der Waals surface area contributed by atoms with Gasteiger partial charge in [0.25, 0.3) is 0 Å². The first kappa shape index (κ1) is 10.1. The molecule has 0 fully saturated rings. The third-order valence-electron chi connectivity index (χ3n) is 1.79. The van der Waals surface area contributed by atoms with Crippen molar-refractivity contribution in [1.82, 2.24) is 10.3 Å². The van der Waals surface area contributed by atoms with Crippen molar-refractivity contribution in [1.29, 1.82) is 0 Å². The molecule has 0 bridgehead atoms. The van der Waals surface area contributed by atoms with Crippen molar-refractivity contribution >= 4 is 17.9 Å². The molecule has 1 aromatic carbocycles. The Hall–Kier alpha value is -2.44. The third kappa shape index (κ3) is 2.14. The van der Waals surface area contributed by atoms with E-state index in [1.54, 1.807) is 18.2 Å². The summed E-state index contributed by atoms with van der Waals surface area (Å²) in [5.74, 6) is -0.0856. The van der Waals surface area contributed by atoms with Crippen LogP contribution in [0.4, 0.5) is 16.0 Å². The molecule has 0 radical (unpaired) electrons. The van der Waals surface area contributed by atoms with Gasteiger partial charge in [-0.05, 0) is 16.4 Å². The molecule has 82 valence electrons. The molecule has 0 unspecified atom stereocenters. The van der Waals surface area contributed by atoms with Crippen molar-refractivity contribution < 1.29 is 9.02 Å². The summed E-state index contributed by atoms with van der Waals surface area (Å²) in [6.45, 7) is 0. The van der Waals surface area contributed by atoms with Crippen LogP contribution in [0.3, 0.4) is 0 Å². The molecule has 0 saturated heterocycles. The number of nitrogens with two attached hydrogens (primary N) is 1. The minimum absolute atomic E-state index is 0.0886. The molecular formula is C9H8FN5O. The van der Waals surface area contributed by atoms with Gasteiger partial charge in [0.15, 0.2) is 0 Å². The molecule has 1 heterocycles. The normalized spacial score (nSPS) is 10.8. The zero-order valence-electron chi connectivity index (χ0n) is 8.09. The van der Waals surface area contributed by atoms with E-state index in [1.165, 1.54) is 12.3 Å². The van der Waals surface area contributed by atoms with E-state index in [4.69, 9.17) is 5.73 Å². The number of benzene rings is 1. The van der Waals surface area contributed by atoms with Gasteiger partial charge < -0.3 is 5.73 Å². The lowest BCUT2D eigenvalue weighted by Gasteiger charge is -1.95. The fourth-order valence-corrected chi connectivity index (χ4v) is 1.02. The number of rotatable bonds is 3. The lowest BCUT2D eigenvalue weighted by molar-refractivity contribution is 0.310. The summed E-state index contributed by atoms with van der Waals surface area (Å²) < 4.78 is 17.5. The van der Waals surface area contributed by atoms with E-state index in [1.807, 2.05) is 0 Å². The molecule has 0 atom stereocenters. The van der Waals surface area contributed by atoms with Crippen LogP contribution in [0.15, 0.2) is 34.0 Å². The van der Waals surface area contributed by atoms with Crippen molar-refractivity contribution in [3.05, 3.63) is 35.6 Å². The first-order valence-corrected chi connectivity index (χ1v) is 4.39. The number of nitrogens with one attached hydrogen (secondary N) is 1. The molecule has 0 spiro atoms. The van der Waals surface area contributed by atoms with Gasteiger partial charge in [-0.3, -0.25) is 5.43 Å². The van der Waals surface area contributed by atoms with Gasteiger partial charge in [0.05, 0.1) is 6.21 Å². The molecule has 1 aromatic heterocycles. The highest BCUT2D eigenvalue weighted by atomic mass is 19.1. The summed E-state index contributed by atoms with van der Waals surface area (Å²) in [7, 11) is 0.